The van der Waals surface area contributed by atoms with Crippen LogP contribution in [0.5, 0.6) is 0 Å². The van der Waals surface area contributed by atoms with Crippen LogP contribution in [-0.4, -0.2) is 21.6 Å². The molecule has 11 aromatic rings. The summed E-state index contributed by atoms with van der Waals surface area (Å²) in [4.78, 5) is 11.3. The molecule has 0 atom stereocenters. The minimum absolute atomic E-state index is 0.421. The van der Waals surface area contributed by atoms with Crippen molar-refractivity contribution < 1.29 is 0 Å². The largest absolute Gasteiger partial charge is 0.320 e. The summed E-state index contributed by atoms with van der Waals surface area (Å²) in [7, 11) is 0. The summed E-state index contributed by atoms with van der Waals surface area (Å²) < 4.78 is 5.98. The van der Waals surface area contributed by atoms with Gasteiger partial charge in [-0.1, -0.05) is 127 Å². The van der Waals surface area contributed by atoms with E-state index in [0.717, 1.165) is 49.3 Å². The molecule has 254 valence electrons. The average molecular weight is 709 g/mol. The third kappa shape index (κ3) is 4.49. The Labute approximate surface area is 315 Å². The topological polar surface area (TPSA) is 34.6 Å². The van der Waals surface area contributed by atoms with Gasteiger partial charge in [0.25, 0.3) is 0 Å². The molecule has 0 bridgehead atoms. The average Bonchev–Trinajstić information content (AvgIpc) is 3.89. The van der Waals surface area contributed by atoms with Crippen LogP contribution in [0.15, 0.2) is 180 Å². The highest BCUT2D eigenvalue weighted by molar-refractivity contribution is 7.21. The second-order valence-electron chi connectivity index (χ2n) is 13.8. The van der Waals surface area contributed by atoms with Gasteiger partial charge in [0.05, 0.1) is 38.3 Å². The van der Waals surface area contributed by atoms with Gasteiger partial charge in [0.15, 0.2) is 0 Å². The lowest BCUT2D eigenvalue weighted by Crippen LogP contribution is -2.06. The smallest absolute Gasteiger partial charge is 0.115 e. The van der Waals surface area contributed by atoms with Gasteiger partial charge in [0.2, 0.25) is 0 Å². The van der Waals surface area contributed by atoms with Crippen molar-refractivity contribution in [3.8, 4) is 5.69 Å². The molecule has 8 aromatic carbocycles. The van der Waals surface area contributed by atoms with E-state index in [9.17, 15) is 0 Å². The summed E-state index contributed by atoms with van der Waals surface area (Å²) in [6, 6.07) is 60.9. The summed E-state index contributed by atoms with van der Waals surface area (Å²) in [5, 5.41) is 10.9. The molecule has 11 rings (SSSR count). The van der Waals surface area contributed by atoms with E-state index in [1.165, 1.54) is 53.4 Å². The van der Waals surface area contributed by atoms with Gasteiger partial charge in [-0.05, 0) is 70.7 Å². The van der Waals surface area contributed by atoms with Gasteiger partial charge in [-0.2, -0.15) is 0 Å². The number of nitrogens with zero attached hydrogens (tertiary/aromatic N) is 4. The van der Waals surface area contributed by atoms with Gasteiger partial charge in [-0.15, -0.1) is 11.3 Å². The molecule has 0 aliphatic heterocycles. The zero-order valence-electron chi connectivity index (χ0n) is 29.3. The van der Waals surface area contributed by atoms with Crippen LogP contribution in [0.3, 0.4) is 0 Å². The molecule has 0 aliphatic carbocycles. The van der Waals surface area contributed by atoms with Crippen molar-refractivity contribution in [1.82, 2.24) is 9.13 Å². The molecule has 0 amide bonds. The predicted molar refractivity (Wildman–Crippen MR) is 232 cm³/mol. The Balaban J connectivity index is 1.24. The fourth-order valence-electron chi connectivity index (χ4n) is 8.61. The lowest BCUT2D eigenvalue weighted by molar-refractivity contribution is 0.794. The molecular formula is C49H32N4S. The molecule has 0 aliphatic rings. The molecule has 0 fully saturated rings. The van der Waals surface area contributed by atoms with Crippen LogP contribution >= 0.6 is 11.3 Å². The highest BCUT2D eigenvalue weighted by Crippen LogP contribution is 2.44. The maximum atomic E-state index is 5.63. The summed E-state index contributed by atoms with van der Waals surface area (Å²) in [6.07, 6.45) is 0. The van der Waals surface area contributed by atoms with E-state index in [1.54, 1.807) is 11.3 Å². The van der Waals surface area contributed by atoms with Gasteiger partial charge >= 0.3 is 0 Å². The first-order chi connectivity index (χ1) is 26.8. The number of fused-ring (bicyclic) bond motifs is 11. The molecule has 0 unspecified atom stereocenters. The molecule has 3 heterocycles. The Morgan fingerprint density at radius 3 is 1.94 bits per heavy atom. The van der Waals surface area contributed by atoms with E-state index >= 15 is 0 Å². The second-order valence-corrected chi connectivity index (χ2v) is 14.8. The monoisotopic (exact) mass is 708 g/mol. The van der Waals surface area contributed by atoms with Crippen molar-refractivity contribution in [2.24, 2.45) is 9.98 Å². The van der Waals surface area contributed by atoms with E-state index in [2.05, 4.69) is 191 Å². The molecule has 5 heteroatoms. The number of aromatic nitrogens is 2. The Morgan fingerprint density at radius 2 is 1.11 bits per heavy atom. The van der Waals surface area contributed by atoms with Crippen molar-refractivity contribution in [2.75, 3.05) is 0 Å². The molecule has 0 N–H and O–H groups in total. The lowest BCUT2D eigenvalue weighted by Gasteiger charge is -2.12. The Morgan fingerprint density at radius 1 is 0.500 bits per heavy atom. The summed E-state index contributed by atoms with van der Waals surface area (Å²) in [5.74, 6) is 0. The maximum absolute atomic E-state index is 5.63. The minimum atomic E-state index is 0.421. The fraction of sp³-hybridized carbons (Fsp3) is 0.0204. The van der Waals surface area contributed by atoms with Gasteiger partial charge < -0.3 is 9.13 Å². The van der Waals surface area contributed by atoms with Gasteiger partial charge in [-0.25, -0.2) is 0 Å². The van der Waals surface area contributed by atoms with E-state index < -0.39 is 0 Å². The SMILES string of the molecule is C=Nc1c(/C(=N\Cn2c3ccc4ccccc4c3c3c4c5ccccc5n(-c5ccccc5)c4ccc32)c2cccc3ccccc23)sc2ccccc12. The van der Waals surface area contributed by atoms with Crippen molar-refractivity contribution in [2.45, 2.75) is 6.67 Å². The molecule has 0 saturated carbocycles. The van der Waals surface area contributed by atoms with Gasteiger partial charge in [-0.3, -0.25) is 9.98 Å². The van der Waals surface area contributed by atoms with Gasteiger partial charge in [0.1, 0.15) is 6.67 Å². The van der Waals surface area contributed by atoms with E-state index in [-0.39, 0.29) is 0 Å². The summed E-state index contributed by atoms with van der Waals surface area (Å²) in [6.45, 7) is 4.47. The molecule has 0 saturated heterocycles. The first-order valence-corrected chi connectivity index (χ1v) is 19.0. The third-order valence-electron chi connectivity index (χ3n) is 10.9. The number of hydrogen-bond donors (Lipinski definition) is 0. The van der Waals surface area contributed by atoms with Crippen LogP contribution in [0.1, 0.15) is 10.4 Å². The molecular weight excluding hydrogens is 677 g/mol. The van der Waals surface area contributed by atoms with E-state index in [1.807, 2.05) is 0 Å². The summed E-state index contributed by atoms with van der Waals surface area (Å²) in [5.41, 5.74) is 8.74. The molecule has 54 heavy (non-hydrogen) atoms. The number of aliphatic imine (C=N–C) groups is 2. The highest BCUT2D eigenvalue weighted by Gasteiger charge is 2.23. The quantitative estimate of drug-likeness (QED) is 0.154. The van der Waals surface area contributed by atoms with Crippen LogP contribution in [0.4, 0.5) is 5.69 Å². The Kier molecular flexibility index (Phi) is 6.91. The predicted octanol–water partition coefficient (Wildman–Crippen LogP) is 13.2. The van der Waals surface area contributed by atoms with Crippen LogP contribution in [0.25, 0.3) is 80.9 Å². The van der Waals surface area contributed by atoms with Crippen molar-refractivity contribution in [3.05, 3.63) is 180 Å². The Hall–Kier alpha value is -6.82. The van der Waals surface area contributed by atoms with Crippen LogP contribution in [0, 0.1) is 0 Å². The molecule has 3 aromatic heterocycles. The number of benzene rings is 8. The Bertz CT molecular complexity index is 3320. The lowest BCUT2D eigenvalue weighted by atomic mass is 9.99. The van der Waals surface area contributed by atoms with E-state index in [0.29, 0.717) is 6.67 Å². The van der Waals surface area contributed by atoms with Crippen LogP contribution in [0.2, 0.25) is 0 Å². The number of rotatable bonds is 6. The molecule has 0 spiro atoms. The van der Waals surface area contributed by atoms with Crippen LogP contribution < -0.4 is 0 Å². The van der Waals surface area contributed by atoms with Crippen molar-refractivity contribution in [3.63, 3.8) is 0 Å². The van der Waals surface area contributed by atoms with Crippen LogP contribution in [-0.2, 0) is 6.67 Å². The zero-order chi connectivity index (χ0) is 35.8. The van der Waals surface area contributed by atoms with E-state index in [4.69, 9.17) is 4.99 Å². The zero-order valence-corrected chi connectivity index (χ0v) is 30.1. The first-order valence-electron chi connectivity index (χ1n) is 18.2. The minimum Gasteiger partial charge on any atom is -0.320 e. The molecule has 0 radical (unpaired) electrons. The number of thiophene rings is 1. The highest BCUT2D eigenvalue weighted by atomic mass is 32.1. The maximum Gasteiger partial charge on any atom is 0.115 e. The summed E-state index contributed by atoms with van der Waals surface area (Å²) >= 11 is 1.73. The standard InChI is InChI=1S/C49H32N4S/c1-50-47-38-22-10-12-25-43(38)54-49(47)48(36-23-13-16-31-14-5-7-19-34(31)36)51-30-52-40-27-26-32-15-6-8-20-35(32)44(40)46-41(52)28-29-42-45(46)37-21-9-11-24-39(37)53(42)33-17-3-2-4-18-33/h2-29H,1,30H2/b51-48-. The number of hydrogen-bond acceptors (Lipinski definition) is 3. The van der Waals surface area contributed by atoms with Crippen molar-refractivity contribution in [1.29, 1.82) is 0 Å². The van der Waals surface area contributed by atoms with Crippen molar-refractivity contribution >= 4 is 105 Å². The third-order valence-corrected chi connectivity index (χ3v) is 12.1. The first kappa shape index (κ1) is 30.8. The number of para-hydroxylation sites is 2. The fourth-order valence-corrected chi connectivity index (χ4v) is 9.80. The second kappa shape index (κ2) is 12.1. The van der Waals surface area contributed by atoms with Gasteiger partial charge in [0, 0.05) is 42.9 Å². The molecule has 4 nitrogen and oxygen atoms in total. The normalized spacial score (nSPS) is 12.3.